The number of rotatable bonds is 8. The molecule has 1 radical (unpaired) electrons. The van der Waals surface area contributed by atoms with Gasteiger partial charge in [0.25, 0.3) is 0 Å². The normalized spacial score (nSPS) is 18.6. The van der Waals surface area contributed by atoms with Crippen LogP contribution in [0.2, 0.25) is 0 Å². The topological polar surface area (TPSA) is 58.2 Å². The molecule has 3 aliphatic rings. The van der Waals surface area contributed by atoms with E-state index >= 15 is 9.59 Å². The summed E-state index contributed by atoms with van der Waals surface area (Å²) in [7, 11) is -10.7. The number of hydrogen-bond acceptors (Lipinski definition) is 4. The molecule has 0 unspecified atom stereocenters. The Hall–Kier alpha value is -7.29. The maximum absolute atomic E-state index is 15.0. The Labute approximate surface area is 422 Å². The van der Waals surface area contributed by atoms with Crippen molar-refractivity contribution in [3.8, 4) is 22.3 Å². The van der Waals surface area contributed by atoms with Crippen LogP contribution in [-0.2, 0) is 26.7 Å². The first-order valence-electron chi connectivity index (χ1n) is 23.4. The summed E-state index contributed by atoms with van der Waals surface area (Å²) in [6.45, 7) is 0. The second-order valence-electron chi connectivity index (χ2n) is 18.0. The standard InChI is InChI=1S/C60H46N2O2.F6P.Mn/c63-59-45(35-43-23-9-13-27-49(43)57(59)55-47-25-11-7-21-41(47)31-33-51(55)39-17-3-1-4-18-39)37-61-53-29-15-16-30-54(53)62-38-46-36-44-24-10-14-28-50(44)58(60(46)64)56-48-26-12-8-22-42(48)32-34-52(56)40-19-5-2-6-20-40;1-7(2,3,4,5)6;/h1-14,17-28,31-38,53-54,61-62H,15-16,29-30H2;;/q;-1;/b45-37-,46-38-;;/t53-,54-;;/m1../s1. The van der Waals surface area contributed by atoms with Gasteiger partial charge >= 0.3 is 33.0 Å². The van der Waals surface area contributed by atoms with Gasteiger partial charge in [0.2, 0.25) is 0 Å². The zero-order chi connectivity index (χ0) is 49.4. The van der Waals surface area contributed by atoms with Gasteiger partial charge < -0.3 is 10.6 Å². The predicted molar refractivity (Wildman–Crippen MR) is 276 cm³/mol. The van der Waals surface area contributed by atoms with E-state index in [1.165, 1.54) is 0 Å². The molecule has 11 rings (SSSR count). The minimum Gasteiger partial charge on any atom is -0.386 e. The van der Waals surface area contributed by atoms with Gasteiger partial charge in [-0.1, -0.05) is 195 Å². The molecule has 8 aromatic rings. The van der Waals surface area contributed by atoms with Crippen LogP contribution in [0.25, 0.3) is 67.1 Å². The molecule has 0 spiro atoms. The molecule has 0 heterocycles. The summed E-state index contributed by atoms with van der Waals surface area (Å²) in [5.74, 6) is -0.00998. The van der Waals surface area contributed by atoms with Crippen molar-refractivity contribution in [1.82, 2.24) is 10.6 Å². The van der Waals surface area contributed by atoms with Crippen molar-refractivity contribution in [3.05, 3.63) is 238 Å². The van der Waals surface area contributed by atoms with Crippen molar-refractivity contribution < 1.29 is 51.8 Å². The van der Waals surface area contributed by atoms with Crippen LogP contribution in [0.4, 0.5) is 25.2 Å². The first-order valence-corrected chi connectivity index (χ1v) is 25.4. The van der Waals surface area contributed by atoms with Gasteiger partial charge in [-0.05, 0) is 89.7 Å². The molecule has 0 aromatic heterocycles. The summed E-state index contributed by atoms with van der Waals surface area (Å²) < 4.78 is 59.2. The predicted octanol–water partition coefficient (Wildman–Crippen LogP) is 12.8. The number of hydrogen-bond donors (Lipinski definition) is 2. The van der Waals surface area contributed by atoms with Gasteiger partial charge in [0.15, 0.2) is 11.6 Å². The van der Waals surface area contributed by atoms with Gasteiger partial charge in [-0.15, -0.1) is 0 Å². The van der Waals surface area contributed by atoms with Gasteiger partial charge in [0.05, 0.1) is 0 Å². The molecule has 72 heavy (non-hydrogen) atoms. The monoisotopic (exact) mass is 1030 g/mol. The molecule has 12 heteroatoms. The third-order valence-corrected chi connectivity index (χ3v) is 13.3. The SMILES string of the molecule is F[P-](F)(F)(F)(F)F.O=C1C(c2c(-c3ccccc3)ccc3ccccc23)=c2ccccc2=C/C1=C/N[C@@H]1CCCC[C@H]1N/C=C1/C=c2ccccc2=C(c2c(-c3ccccc3)ccc3ccccc23)C1=O.[Mn]. The number of benzene rings is 8. The molecule has 2 N–H and O–H groups in total. The van der Waals surface area contributed by atoms with E-state index in [2.05, 4.69) is 120 Å². The van der Waals surface area contributed by atoms with Crippen molar-refractivity contribution >= 4 is 64.2 Å². The Bertz CT molecular complexity index is 3520. The number of carbonyl (C=O) groups is 2. The van der Waals surface area contributed by atoms with Gasteiger partial charge in [-0.2, -0.15) is 0 Å². The molecule has 4 nitrogen and oxygen atoms in total. The van der Waals surface area contributed by atoms with Crippen molar-refractivity contribution in [1.29, 1.82) is 0 Å². The zero-order valence-electron chi connectivity index (χ0n) is 38.5. The maximum Gasteiger partial charge on any atom is 0.195 e. The smallest absolute Gasteiger partial charge is 0.195 e. The number of allylic oxidation sites excluding steroid dienone is 2. The first kappa shape index (κ1) is 49.7. The summed E-state index contributed by atoms with van der Waals surface area (Å²) in [6.07, 6.45) is 11.9. The third-order valence-electron chi connectivity index (χ3n) is 13.3. The number of halogens is 6. The average Bonchev–Trinajstić information content (AvgIpc) is 3.37. The Morgan fingerprint density at radius 3 is 1.18 bits per heavy atom. The maximum atomic E-state index is 15.0. The third kappa shape index (κ3) is 10.9. The number of carbonyl (C=O) groups excluding carboxylic acids is 2. The number of nitrogens with one attached hydrogen (secondary N) is 2. The van der Waals surface area contributed by atoms with Crippen LogP contribution >= 0.6 is 7.81 Å². The zero-order valence-corrected chi connectivity index (χ0v) is 40.6. The Morgan fingerprint density at radius 2 is 0.778 bits per heavy atom. The summed E-state index contributed by atoms with van der Waals surface area (Å²) in [5.41, 5.74) is 8.79. The number of ketones is 2. The molecule has 363 valence electrons. The Kier molecular flexibility index (Phi) is 13.4. The van der Waals surface area contributed by atoms with Crippen LogP contribution in [0.3, 0.4) is 0 Å². The summed E-state index contributed by atoms with van der Waals surface area (Å²) in [5, 5.41) is 15.7. The minimum absolute atomic E-state index is 0. The molecular formula is C60H46F6MnN2O2P-. The minimum atomic E-state index is -10.7. The molecule has 2 atom stereocenters. The van der Waals surface area contributed by atoms with E-state index < -0.39 is 7.81 Å². The van der Waals surface area contributed by atoms with Crippen molar-refractivity contribution in [3.63, 3.8) is 0 Å². The van der Waals surface area contributed by atoms with E-state index in [9.17, 15) is 25.2 Å². The summed E-state index contributed by atoms with van der Waals surface area (Å²) >= 11 is 0. The van der Waals surface area contributed by atoms with Crippen LogP contribution in [-0.4, -0.2) is 23.7 Å². The van der Waals surface area contributed by atoms with E-state index in [-0.39, 0.29) is 40.7 Å². The summed E-state index contributed by atoms with van der Waals surface area (Å²) in [6, 6.07) is 62.6. The van der Waals surface area contributed by atoms with Crippen molar-refractivity contribution in [2.75, 3.05) is 0 Å². The summed E-state index contributed by atoms with van der Waals surface area (Å²) in [4.78, 5) is 30.1. The van der Waals surface area contributed by atoms with Crippen molar-refractivity contribution in [2.45, 2.75) is 37.8 Å². The number of Topliss-reactive ketones (excluding diaryl/α,β-unsaturated/α-hetero) is 2. The van der Waals surface area contributed by atoms with Crippen molar-refractivity contribution in [2.24, 2.45) is 0 Å². The van der Waals surface area contributed by atoms with Crippen LogP contribution in [0, 0.1) is 0 Å². The quantitative estimate of drug-likeness (QED) is 0.0689. The fraction of sp³-hybridized carbons (Fsp3) is 0.100. The molecule has 1 fully saturated rings. The Balaban J connectivity index is 0.000000747. The van der Waals surface area contributed by atoms with E-state index in [1.54, 1.807) is 0 Å². The molecule has 1 saturated carbocycles. The van der Waals surface area contributed by atoms with E-state index in [0.717, 1.165) is 101 Å². The molecule has 0 bridgehead atoms. The number of fused-ring (bicyclic) bond motifs is 4. The molecule has 0 saturated heterocycles. The second kappa shape index (κ2) is 19.4. The Morgan fingerprint density at radius 1 is 0.431 bits per heavy atom. The largest absolute Gasteiger partial charge is 0.386 e. The van der Waals surface area contributed by atoms with Gasteiger partial charge in [0.1, 0.15) is 0 Å². The van der Waals surface area contributed by atoms with Crippen LogP contribution in [0.15, 0.2) is 206 Å². The molecular weight excluding hydrogens is 981 g/mol. The van der Waals surface area contributed by atoms with E-state index in [1.807, 2.05) is 97.3 Å². The van der Waals surface area contributed by atoms with Crippen LogP contribution < -0.4 is 31.5 Å². The second-order valence-corrected chi connectivity index (χ2v) is 19.9. The fourth-order valence-corrected chi connectivity index (χ4v) is 10.1. The van der Waals surface area contributed by atoms with Crippen LogP contribution in [0.1, 0.15) is 36.8 Å². The fourth-order valence-electron chi connectivity index (χ4n) is 10.1. The van der Waals surface area contributed by atoms with E-state index in [0.29, 0.717) is 22.3 Å². The molecule has 0 aliphatic heterocycles. The van der Waals surface area contributed by atoms with Gasteiger partial charge in [0, 0.05) is 75.0 Å². The van der Waals surface area contributed by atoms with E-state index in [4.69, 9.17) is 0 Å². The average molecular weight is 1030 g/mol. The van der Waals surface area contributed by atoms with Crippen LogP contribution in [0.5, 0.6) is 0 Å². The molecule has 8 aromatic carbocycles. The molecule has 3 aliphatic carbocycles. The first-order chi connectivity index (χ1) is 34.1. The molecule has 0 amide bonds. The van der Waals surface area contributed by atoms with Gasteiger partial charge in [-0.25, -0.2) is 0 Å². The van der Waals surface area contributed by atoms with Gasteiger partial charge in [-0.3, -0.25) is 9.59 Å².